The second-order valence-electron chi connectivity index (χ2n) is 7.44. The number of aryl methyl sites for hydroxylation is 1. The molecule has 0 N–H and O–H groups in total. The van der Waals surface area contributed by atoms with E-state index in [4.69, 9.17) is 9.47 Å². The van der Waals surface area contributed by atoms with Crippen molar-refractivity contribution in [2.75, 3.05) is 20.3 Å². The Labute approximate surface area is 187 Å². The zero-order valence-electron chi connectivity index (χ0n) is 18.3. The van der Waals surface area contributed by atoms with E-state index in [2.05, 4.69) is 52.3 Å². The minimum absolute atomic E-state index is 0.413. The first-order chi connectivity index (χ1) is 15.7. The Morgan fingerprint density at radius 2 is 1.88 bits per heavy atom. The van der Waals surface area contributed by atoms with Crippen molar-refractivity contribution in [2.45, 2.75) is 26.2 Å². The minimum atomic E-state index is 0.413. The number of ether oxygens (including phenoxy) is 2. The summed E-state index contributed by atoms with van der Waals surface area (Å²) >= 11 is 0. The maximum atomic E-state index is 9.41. The normalized spacial score (nSPS) is 10.9. The molecular formula is C25H25N5O2. The zero-order valence-corrected chi connectivity index (χ0v) is 18.3. The highest BCUT2D eigenvalue weighted by Crippen LogP contribution is 2.28. The standard InChI is InChI=1S/C25H25N5O2/c1-3-6-23-22(24(32-14-13-31-2)29-25-27-17-28-30(23)25)15-18-9-11-19(12-10-18)21-8-5-4-7-20(21)16-26/h4-5,7-12,17H,3,6,13-15H2,1-2H3. The van der Waals surface area contributed by atoms with Crippen molar-refractivity contribution >= 4 is 5.78 Å². The fourth-order valence-electron chi connectivity index (χ4n) is 3.76. The average molecular weight is 428 g/mol. The predicted molar refractivity (Wildman–Crippen MR) is 122 cm³/mol. The second-order valence-corrected chi connectivity index (χ2v) is 7.44. The number of nitrogens with zero attached hydrogens (tertiary/aromatic N) is 5. The van der Waals surface area contributed by atoms with Crippen LogP contribution >= 0.6 is 0 Å². The molecular weight excluding hydrogens is 402 g/mol. The maximum absolute atomic E-state index is 9.41. The van der Waals surface area contributed by atoms with Gasteiger partial charge in [0.05, 0.1) is 23.9 Å². The van der Waals surface area contributed by atoms with Gasteiger partial charge in [0.2, 0.25) is 5.88 Å². The molecule has 7 nitrogen and oxygen atoms in total. The van der Waals surface area contributed by atoms with Crippen LogP contribution in [-0.2, 0) is 17.6 Å². The molecule has 0 unspecified atom stereocenters. The van der Waals surface area contributed by atoms with E-state index in [9.17, 15) is 5.26 Å². The van der Waals surface area contributed by atoms with E-state index in [-0.39, 0.29) is 0 Å². The Morgan fingerprint density at radius 1 is 1.06 bits per heavy atom. The highest BCUT2D eigenvalue weighted by Gasteiger charge is 2.18. The van der Waals surface area contributed by atoms with E-state index in [1.54, 1.807) is 11.6 Å². The molecule has 0 atom stereocenters. The van der Waals surface area contributed by atoms with Gasteiger partial charge in [-0.1, -0.05) is 55.8 Å². The summed E-state index contributed by atoms with van der Waals surface area (Å²) in [6, 6.07) is 18.2. The molecule has 4 aromatic rings. The van der Waals surface area contributed by atoms with E-state index in [1.165, 1.54) is 6.33 Å². The number of benzene rings is 2. The molecule has 0 fully saturated rings. The van der Waals surface area contributed by atoms with Crippen LogP contribution in [0.2, 0.25) is 0 Å². The highest BCUT2D eigenvalue weighted by atomic mass is 16.5. The van der Waals surface area contributed by atoms with Crippen LogP contribution in [0.3, 0.4) is 0 Å². The third-order valence-corrected chi connectivity index (χ3v) is 5.30. The molecule has 7 heteroatoms. The van der Waals surface area contributed by atoms with Crippen LogP contribution in [0.5, 0.6) is 5.88 Å². The van der Waals surface area contributed by atoms with Gasteiger partial charge in [-0.15, -0.1) is 0 Å². The first-order valence-electron chi connectivity index (χ1n) is 10.7. The van der Waals surface area contributed by atoms with Gasteiger partial charge in [-0.2, -0.15) is 20.3 Å². The van der Waals surface area contributed by atoms with Crippen molar-refractivity contribution in [2.24, 2.45) is 0 Å². The first kappa shape index (κ1) is 21.5. The molecule has 0 aliphatic heterocycles. The molecule has 0 bridgehead atoms. The molecule has 0 spiro atoms. The average Bonchev–Trinajstić information content (AvgIpc) is 3.30. The van der Waals surface area contributed by atoms with Crippen LogP contribution < -0.4 is 4.74 Å². The smallest absolute Gasteiger partial charge is 0.255 e. The Balaban J connectivity index is 1.70. The van der Waals surface area contributed by atoms with Crippen molar-refractivity contribution in [3.8, 4) is 23.1 Å². The molecule has 0 radical (unpaired) electrons. The number of rotatable bonds is 9. The van der Waals surface area contributed by atoms with Gasteiger partial charge >= 0.3 is 0 Å². The summed E-state index contributed by atoms with van der Waals surface area (Å²) in [4.78, 5) is 8.87. The molecule has 0 amide bonds. The van der Waals surface area contributed by atoms with E-state index in [1.807, 2.05) is 24.3 Å². The predicted octanol–water partition coefficient (Wildman–Crippen LogP) is 4.23. The van der Waals surface area contributed by atoms with Gasteiger partial charge in [-0.05, 0) is 29.2 Å². The Hall–Kier alpha value is -3.76. The van der Waals surface area contributed by atoms with Gasteiger partial charge in [0.1, 0.15) is 12.9 Å². The Kier molecular flexibility index (Phi) is 6.73. The molecule has 2 aromatic carbocycles. The Morgan fingerprint density at radius 3 is 2.62 bits per heavy atom. The van der Waals surface area contributed by atoms with Crippen molar-refractivity contribution in [1.29, 1.82) is 5.26 Å². The Bertz CT molecular complexity index is 1240. The van der Waals surface area contributed by atoms with Gasteiger partial charge in [0, 0.05) is 19.1 Å². The van der Waals surface area contributed by atoms with Crippen molar-refractivity contribution in [3.05, 3.63) is 77.2 Å². The van der Waals surface area contributed by atoms with Crippen LogP contribution in [0.4, 0.5) is 0 Å². The fourth-order valence-corrected chi connectivity index (χ4v) is 3.76. The molecule has 0 saturated heterocycles. The number of aromatic nitrogens is 4. The molecule has 0 saturated carbocycles. The summed E-state index contributed by atoms with van der Waals surface area (Å²) in [5.41, 5.74) is 5.80. The fraction of sp³-hybridized carbons (Fsp3) is 0.280. The molecule has 2 aromatic heterocycles. The molecule has 2 heterocycles. The third-order valence-electron chi connectivity index (χ3n) is 5.30. The third kappa shape index (κ3) is 4.46. The number of nitriles is 1. The van der Waals surface area contributed by atoms with Crippen molar-refractivity contribution in [3.63, 3.8) is 0 Å². The molecule has 0 aliphatic carbocycles. The summed E-state index contributed by atoms with van der Waals surface area (Å²) in [5, 5.41) is 13.8. The summed E-state index contributed by atoms with van der Waals surface area (Å²) in [7, 11) is 1.65. The number of methoxy groups -OCH3 is 1. The van der Waals surface area contributed by atoms with Gasteiger partial charge in [0.25, 0.3) is 5.78 Å². The largest absolute Gasteiger partial charge is 0.475 e. The minimum Gasteiger partial charge on any atom is -0.475 e. The number of hydrogen-bond donors (Lipinski definition) is 0. The van der Waals surface area contributed by atoms with Crippen LogP contribution in [0.1, 0.15) is 35.7 Å². The van der Waals surface area contributed by atoms with Crippen molar-refractivity contribution in [1.82, 2.24) is 19.6 Å². The quantitative estimate of drug-likeness (QED) is 0.372. The maximum Gasteiger partial charge on any atom is 0.255 e. The molecule has 0 aliphatic rings. The summed E-state index contributed by atoms with van der Waals surface area (Å²) in [6.45, 7) is 3.03. The molecule has 162 valence electrons. The summed E-state index contributed by atoms with van der Waals surface area (Å²) in [6.07, 6.45) is 3.98. The van der Waals surface area contributed by atoms with E-state index < -0.39 is 0 Å². The van der Waals surface area contributed by atoms with Crippen LogP contribution in [0, 0.1) is 11.3 Å². The lowest BCUT2D eigenvalue weighted by Gasteiger charge is -2.16. The van der Waals surface area contributed by atoms with Gasteiger partial charge in [-0.25, -0.2) is 4.52 Å². The monoisotopic (exact) mass is 427 g/mol. The van der Waals surface area contributed by atoms with Crippen LogP contribution in [0.15, 0.2) is 54.9 Å². The molecule has 32 heavy (non-hydrogen) atoms. The SMILES string of the molecule is CCCc1c(Cc2ccc(-c3ccccc3C#N)cc2)c(OCCOC)nc2ncnn12. The van der Waals surface area contributed by atoms with E-state index in [0.29, 0.717) is 36.9 Å². The lowest BCUT2D eigenvalue weighted by atomic mass is 9.97. The van der Waals surface area contributed by atoms with E-state index in [0.717, 1.165) is 40.8 Å². The van der Waals surface area contributed by atoms with Gasteiger partial charge in [0.15, 0.2) is 0 Å². The first-order valence-corrected chi connectivity index (χ1v) is 10.7. The highest BCUT2D eigenvalue weighted by molar-refractivity contribution is 5.70. The zero-order chi connectivity index (χ0) is 22.3. The second kappa shape index (κ2) is 10.0. The lowest BCUT2D eigenvalue weighted by molar-refractivity contribution is 0.143. The lowest BCUT2D eigenvalue weighted by Crippen LogP contribution is -2.13. The molecule has 4 rings (SSSR count). The van der Waals surface area contributed by atoms with Gasteiger partial charge in [-0.3, -0.25) is 0 Å². The summed E-state index contributed by atoms with van der Waals surface area (Å²) < 4.78 is 12.9. The number of fused-ring (bicyclic) bond motifs is 1. The van der Waals surface area contributed by atoms with Crippen molar-refractivity contribution < 1.29 is 9.47 Å². The van der Waals surface area contributed by atoms with Gasteiger partial charge < -0.3 is 9.47 Å². The topological polar surface area (TPSA) is 85.3 Å². The summed E-state index contributed by atoms with van der Waals surface area (Å²) in [5.74, 6) is 1.11. The van der Waals surface area contributed by atoms with Crippen LogP contribution in [-0.4, -0.2) is 39.9 Å². The van der Waals surface area contributed by atoms with Crippen LogP contribution in [0.25, 0.3) is 16.9 Å². The van der Waals surface area contributed by atoms with E-state index >= 15 is 0 Å². The number of hydrogen-bond acceptors (Lipinski definition) is 6.